The van der Waals surface area contributed by atoms with E-state index in [2.05, 4.69) is 6.92 Å². The Hall–Kier alpha value is 0.170. The Bertz CT molecular complexity index is 245. The average Bonchev–Trinajstić information content (AvgIpc) is 2.32. The van der Waals surface area contributed by atoms with Gasteiger partial charge in [-0.25, -0.2) is 0 Å². The van der Waals surface area contributed by atoms with Crippen LogP contribution in [0.3, 0.4) is 0 Å². The van der Waals surface area contributed by atoms with E-state index in [1.807, 2.05) is 0 Å². The van der Waals surface area contributed by atoms with Crippen LogP contribution in [0.1, 0.15) is 32.6 Å². The molecule has 3 nitrogen and oxygen atoms in total. The van der Waals surface area contributed by atoms with Crippen molar-refractivity contribution in [1.82, 2.24) is 0 Å². The molecule has 4 aliphatic rings. The van der Waals surface area contributed by atoms with E-state index >= 15 is 0 Å². The van der Waals surface area contributed by atoms with Crippen LogP contribution in [0.5, 0.6) is 0 Å². The number of rotatable bonds is 0. The molecular weight excluding hydrogens is 202 g/mol. The van der Waals surface area contributed by atoms with Crippen molar-refractivity contribution in [3.05, 3.63) is 0 Å². The Labute approximate surface area is 90.7 Å². The molecule has 0 atom stereocenters. The molecule has 1 aliphatic carbocycles. The van der Waals surface area contributed by atoms with Crippen LogP contribution in [-0.2, 0) is 9.47 Å². The molecule has 0 aromatic heterocycles. The van der Waals surface area contributed by atoms with E-state index in [0.717, 1.165) is 38.9 Å². The van der Waals surface area contributed by atoms with Crippen molar-refractivity contribution in [2.24, 2.45) is 5.73 Å². The van der Waals surface area contributed by atoms with Crippen molar-refractivity contribution in [3.63, 3.8) is 0 Å². The lowest BCUT2D eigenvalue weighted by atomic mass is 9.61. The second-order valence-corrected chi connectivity index (χ2v) is 5.17. The first-order chi connectivity index (χ1) is 6.08. The molecule has 82 valence electrons. The summed E-state index contributed by atoms with van der Waals surface area (Å²) in [5, 5.41) is 0. The second kappa shape index (κ2) is 2.85. The normalized spacial score (nSPS) is 48.4. The van der Waals surface area contributed by atoms with Crippen LogP contribution in [0.4, 0.5) is 0 Å². The summed E-state index contributed by atoms with van der Waals surface area (Å²) in [5.41, 5.74) is 6.37. The molecule has 1 spiro atoms. The molecule has 0 aromatic carbocycles. The molecule has 4 rings (SSSR count). The zero-order valence-corrected chi connectivity index (χ0v) is 9.36. The van der Waals surface area contributed by atoms with Gasteiger partial charge in [0.05, 0.1) is 16.7 Å². The largest absolute Gasteiger partial charge is 0.381 e. The Morgan fingerprint density at radius 2 is 1.71 bits per heavy atom. The molecule has 14 heavy (non-hydrogen) atoms. The predicted molar refractivity (Wildman–Crippen MR) is 55.7 cm³/mol. The van der Waals surface area contributed by atoms with Gasteiger partial charge in [0.2, 0.25) is 0 Å². The number of ether oxygens (including phenoxy) is 2. The highest BCUT2D eigenvalue weighted by atomic mass is 35.5. The summed E-state index contributed by atoms with van der Waals surface area (Å²) < 4.78 is 11.5. The maximum Gasteiger partial charge on any atom is 0.0914 e. The molecule has 3 aliphatic heterocycles. The Morgan fingerprint density at radius 3 is 2.14 bits per heavy atom. The SMILES string of the molecule is CC12CC(N)(C1)C1(CCOCC1)O2.Cl. The lowest BCUT2D eigenvalue weighted by Crippen LogP contribution is -2.62. The van der Waals surface area contributed by atoms with Crippen LogP contribution in [0.15, 0.2) is 0 Å². The van der Waals surface area contributed by atoms with Crippen LogP contribution in [0.2, 0.25) is 0 Å². The van der Waals surface area contributed by atoms with Gasteiger partial charge in [-0.1, -0.05) is 0 Å². The Balaban J connectivity index is 0.000000750. The van der Waals surface area contributed by atoms with Gasteiger partial charge in [0, 0.05) is 26.1 Å². The van der Waals surface area contributed by atoms with Crippen LogP contribution in [-0.4, -0.2) is 30.0 Å². The van der Waals surface area contributed by atoms with E-state index in [1.54, 1.807) is 0 Å². The second-order valence-electron chi connectivity index (χ2n) is 5.17. The molecule has 0 amide bonds. The number of hydrogen-bond donors (Lipinski definition) is 1. The fraction of sp³-hybridized carbons (Fsp3) is 1.00. The van der Waals surface area contributed by atoms with Gasteiger partial charge in [-0.2, -0.15) is 0 Å². The molecule has 2 N–H and O–H groups in total. The standard InChI is InChI=1S/C10H17NO2.ClH/c1-8-6-9(11,7-8)10(13-8)2-4-12-5-3-10;/h2-7,11H2,1H3;1H. The Kier molecular flexibility index (Phi) is 2.17. The van der Waals surface area contributed by atoms with Crippen molar-refractivity contribution in [3.8, 4) is 0 Å². The topological polar surface area (TPSA) is 44.5 Å². The van der Waals surface area contributed by atoms with Crippen molar-refractivity contribution in [1.29, 1.82) is 0 Å². The van der Waals surface area contributed by atoms with Crippen LogP contribution in [0, 0.1) is 0 Å². The number of halogens is 1. The zero-order valence-electron chi connectivity index (χ0n) is 8.54. The minimum Gasteiger partial charge on any atom is -0.381 e. The summed E-state index contributed by atoms with van der Waals surface area (Å²) in [6.45, 7) is 3.81. The van der Waals surface area contributed by atoms with E-state index < -0.39 is 0 Å². The first-order valence-electron chi connectivity index (χ1n) is 5.15. The highest BCUT2D eigenvalue weighted by Crippen LogP contribution is 2.61. The van der Waals surface area contributed by atoms with Gasteiger partial charge in [0.25, 0.3) is 0 Å². The van der Waals surface area contributed by atoms with Gasteiger partial charge in [0.15, 0.2) is 0 Å². The summed E-state index contributed by atoms with van der Waals surface area (Å²) in [7, 11) is 0. The van der Waals surface area contributed by atoms with Crippen LogP contribution < -0.4 is 5.73 Å². The number of nitrogens with two attached hydrogens (primary N) is 1. The molecule has 4 fully saturated rings. The molecule has 2 bridgehead atoms. The molecule has 0 radical (unpaired) electrons. The van der Waals surface area contributed by atoms with E-state index in [-0.39, 0.29) is 29.1 Å². The average molecular weight is 220 g/mol. The van der Waals surface area contributed by atoms with Gasteiger partial charge in [0.1, 0.15) is 0 Å². The fourth-order valence-electron chi connectivity index (χ4n) is 3.55. The maximum atomic E-state index is 6.36. The van der Waals surface area contributed by atoms with Crippen molar-refractivity contribution in [2.75, 3.05) is 13.2 Å². The molecule has 4 heteroatoms. The lowest BCUT2D eigenvalue weighted by Gasteiger charge is -2.45. The van der Waals surface area contributed by atoms with Gasteiger partial charge in [-0.15, -0.1) is 12.4 Å². The molecular formula is C10H18ClNO2. The Morgan fingerprint density at radius 1 is 1.14 bits per heavy atom. The summed E-state index contributed by atoms with van der Waals surface area (Å²) in [4.78, 5) is 0. The first-order valence-corrected chi connectivity index (χ1v) is 5.15. The summed E-state index contributed by atoms with van der Waals surface area (Å²) in [6.07, 6.45) is 4.05. The highest BCUT2D eigenvalue weighted by Gasteiger charge is 2.71. The van der Waals surface area contributed by atoms with Crippen molar-refractivity contribution in [2.45, 2.75) is 49.3 Å². The molecule has 0 aromatic rings. The molecule has 3 saturated heterocycles. The zero-order chi connectivity index (χ0) is 9.16. The first kappa shape index (κ1) is 10.7. The van der Waals surface area contributed by atoms with Gasteiger partial charge in [-0.3, -0.25) is 0 Å². The van der Waals surface area contributed by atoms with Crippen molar-refractivity contribution >= 4 is 12.4 Å². The molecule has 3 heterocycles. The minimum absolute atomic E-state index is 0. The van der Waals surface area contributed by atoms with Gasteiger partial charge < -0.3 is 15.2 Å². The highest BCUT2D eigenvalue weighted by molar-refractivity contribution is 5.85. The van der Waals surface area contributed by atoms with E-state index in [0.29, 0.717) is 0 Å². The maximum absolute atomic E-state index is 6.36. The van der Waals surface area contributed by atoms with Gasteiger partial charge >= 0.3 is 0 Å². The van der Waals surface area contributed by atoms with E-state index in [4.69, 9.17) is 15.2 Å². The minimum atomic E-state index is -0.0417. The third-order valence-corrected chi connectivity index (χ3v) is 4.03. The van der Waals surface area contributed by atoms with E-state index in [1.165, 1.54) is 0 Å². The third kappa shape index (κ3) is 1.10. The van der Waals surface area contributed by atoms with Crippen LogP contribution in [0.25, 0.3) is 0 Å². The lowest BCUT2D eigenvalue weighted by molar-refractivity contribution is -0.110. The smallest absolute Gasteiger partial charge is 0.0914 e. The summed E-state index contributed by atoms with van der Waals surface area (Å²) in [6, 6.07) is 0. The van der Waals surface area contributed by atoms with Gasteiger partial charge in [-0.05, 0) is 19.8 Å². The molecule has 0 unspecified atom stereocenters. The summed E-state index contributed by atoms with van der Waals surface area (Å²) in [5.74, 6) is 0. The van der Waals surface area contributed by atoms with E-state index in [9.17, 15) is 0 Å². The quantitative estimate of drug-likeness (QED) is 0.667. The summed E-state index contributed by atoms with van der Waals surface area (Å²) >= 11 is 0. The van der Waals surface area contributed by atoms with Crippen LogP contribution >= 0.6 is 12.4 Å². The fourth-order valence-corrected chi connectivity index (χ4v) is 3.55. The monoisotopic (exact) mass is 219 g/mol. The number of hydrogen-bond acceptors (Lipinski definition) is 3. The molecule has 1 saturated carbocycles. The predicted octanol–water partition coefficient (Wildman–Crippen LogP) is 1.24. The third-order valence-electron chi connectivity index (χ3n) is 4.03. The van der Waals surface area contributed by atoms with Crippen molar-refractivity contribution < 1.29 is 9.47 Å².